The van der Waals surface area contributed by atoms with E-state index >= 15 is 0 Å². The zero-order chi connectivity index (χ0) is 21.4. The molecule has 1 N–H and O–H groups in total. The molecule has 0 aromatic heterocycles. The molecule has 1 fully saturated rings. The summed E-state index contributed by atoms with van der Waals surface area (Å²) in [5.74, 6) is 1.57. The van der Waals surface area contributed by atoms with Crippen molar-refractivity contribution in [3.05, 3.63) is 29.8 Å². The highest BCUT2D eigenvalue weighted by molar-refractivity contribution is 14.0. The number of hydrogen-bond acceptors (Lipinski definition) is 4. The molecule has 1 aromatic carbocycles. The van der Waals surface area contributed by atoms with Crippen LogP contribution in [0.15, 0.2) is 34.2 Å². The molecule has 1 saturated heterocycles. The molecule has 0 saturated carbocycles. The monoisotopic (exact) mass is 552 g/mol. The Morgan fingerprint density at radius 1 is 1.20 bits per heavy atom. The summed E-state index contributed by atoms with van der Waals surface area (Å²) in [6.45, 7) is 7.01. The molecule has 172 valence electrons. The van der Waals surface area contributed by atoms with Gasteiger partial charge < -0.3 is 15.0 Å². The van der Waals surface area contributed by atoms with Crippen LogP contribution in [-0.2, 0) is 21.3 Å². The van der Waals surface area contributed by atoms with Crippen molar-refractivity contribution in [2.24, 2.45) is 10.9 Å². The Morgan fingerprint density at radius 3 is 2.33 bits per heavy atom. The summed E-state index contributed by atoms with van der Waals surface area (Å²) in [5, 5.41) is 3.36. The topological polar surface area (TPSA) is 74.2 Å². The second kappa shape index (κ2) is 12.8. The van der Waals surface area contributed by atoms with E-state index in [1.165, 1.54) is 4.31 Å². The minimum absolute atomic E-state index is 0. The first-order valence-electron chi connectivity index (χ1n) is 10.3. The number of halogens is 1. The molecule has 2 rings (SSSR count). The van der Waals surface area contributed by atoms with Crippen LogP contribution in [0.25, 0.3) is 0 Å². The van der Waals surface area contributed by atoms with Gasteiger partial charge in [-0.15, -0.1) is 24.0 Å². The number of hydrogen-bond donors (Lipinski definition) is 1. The van der Waals surface area contributed by atoms with E-state index in [9.17, 15) is 8.42 Å². The van der Waals surface area contributed by atoms with Crippen LogP contribution in [0.3, 0.4) is 0 Å². The number of sulfonamides is 1. The van der Waals surface area contributed by atoms with E-state index in [1.54, 1.807) is 26.2 Å². The van der Waals surface area contributed by atoms with Crippen LogP contribution in [0, 0.1) is 5.92 Å². The lowest BCUT2D eigenvalue weighted by Crippen LogP contribution is -2.39. The molecule has 0 aliphatic carbocycles. The zero-order valence-corrected chi connectivity index (χ0v) is 21.9. The fourth-order valence-corrected chi connectivity index (χ4v) is 4.67. The lowest BCUT2D eigenvalue weighted by atomic mass is 9.96. The summed E-state index contributed by atoms with van der Waals surface area (Å²) < 4.78 is 31.9. The average molecular weight is 553 g/mol. The second-order valence-corrected chi connectivity index (χ2v) is 9.92. The molecule has 0 bridgehead atoms. The lowest BCUT2D eigenvalue weighted by Gasteiger charge is -2.27. The fourth-order valence-electron chi connectivity index (χ4n) is 3.31. The molecule has 0 unspecified atom stereocenters. The van der Waals surface area contributed by atoms with Crippen molar-refractivity contribution in [2.45, 2.75) is 50.6 Å². The van der Waals surface area contributed by atoms with Gasteiger partial charge in [-0.3, -0.25) is 4.99 Å². The van der Waals surface area contributed by atoms with Crippen molar-refractivity contribution in [1.29, 1.82) is 0 Å². The number of aliphatic imine (C=N–C) groups is 1. The number of nitrogens with zero attached hydrogens (tertiary/aromatic N) is 3. The van der Waals surface area contributed by atoms with E-state index in [-0.39, 0.29) is 30.0 Å². The van der Waals surface area contributed by atoms with E-state index < -0.39 is 10.0 Å². The standard InChI is InChI=1S/C21H36N4O3S.HI/c1-17(2)25(5)29(26,27)20-8-6-19(7-9-20)16-23-21(22-3)24(4)13-10-18-11-14-28-15-12-18;/h6-9,17-18H,10-16H2,1-5H3,(H,22,23);1H. The van der Waals surface area contributed by atoms with Crippen LogP contribution in [0.2, 0.25) is 0 Å². The van der Waals surface area contributed by atoms with Gasteiger partial charge in [-0.25, -0.2) is 8.42 Å². The second-order valence-electron chi connectivity index (χ2n) is 7.93. The quantitative estimate of drug-likeness (QED) is 0.305. The molecule has 0 atom stereocenters. The van der Waals surface area contributed by atoms with Gasteiger partial charge in [0.15, 0.2) is 5.96 Å². The summed E-state index contributed by atoms with van der Waals surface area (Å²) >= 11 is 0. The average Bonchev–Trinajstić information content (AvgIpc) is 2.73. The van der Waals surface area contributed by atoms with E-state index in [1.807, 2.05) is 33.0 Å². The van der Waals surface area contributed by atoms with Crippen molar-refractivity contribution >= 4 is 40.0 Å². The van der Waals surface area contributed by atoms with Crippen molar-refractivity contribution in [1.82, 2.24) is 14.5 Å². The van der Waals surface area contributed by atoms with E-state index in [0.717, 1.165) is 56.5 Å². The maximum absolute atomic E-state index is 12.6. The van der Waals surface area contributed by atoms with Crippen LogP contribution in [0.1, 0.15) is 38.7 Å². The molecule has 1 aliphatic heterocycles. The van der Waals surface area contributed by atoms with E-state index in [4.69, 9.17) is 4.74 Å². The van der Waals surface area contributed by atoms with Crippen molar-refractivity contribution in [3.8, 4) is 0 Å². The van der Waals surface area contributed by atoms with Gasteiger partial charge in [0.1, 0.15) is 0 Å². The maximum atomic E-state index is 12.6. The van der Waals surface area contributed by atoms with Gasteiger partial charge in [-0.05, 0) is 56.7 Å². The maximum Gasteiger partial charge on any atom is 0.243 e. The van der Waals surface area contributed by atoms with Gasteiger partial charge >= 0.3 is 0 Å². The highest BCUT2D eigenvalue weighted by Crippen LogP contribution is 2.19. The van der Waals surface area contributed by atoms with Gasteiger partial charge in [0, 0.05) is 53.5 Å². The molecular weight excluding hydrogens is 515 g/mol. The Hall–Kier alpha value is -0.910. The van der Waals surface area contributed by atoms with Crippen molar-refractivity contribution in [2.75, 3.05) is 40.9 Å². The Bertz CT molecular complexity index is 763. The largest absolute Gasteiger partial charge is 0.381 e. The summed E-state index contributed by atoms with van der Waals surface area (Å²) in [5.41, 5.74) is 1.01. The number of benzene rings is 1. The first kappa shape index (κ1) is 27.1. The predicted octanol–water partition coefficient (Wildman–Crippen LogP) is 3.16. The lowest BCUT2D eigenvalue weighted by molar-refractivity contribution is 0.0625. The van der Waals surface area contributed by atoms with Crippen molar-refractivity contribution in [3.63, 3.8) is 0 Å². The predicted molar refractivity (Wildman–Crippen MR) is 133 cm³/mol. The van der Waals surface area contributed by atoms with Crippen molar-refractivity contribution < 1.29 is 13.2 Å². The Kier molecular flexibility index (Phi) is 11.6. The van der Waals surface area contributed by atoms with Gasteiger partial charge in [0.05, 0.1) is 4.90 Å². The summed E-state index contributed by atoms with van der Waals surface area (Å²) in [6, 6.07) is 6.96. The number of nitrogens with one attached hydrogen (secondary N) is 1. The number of ether oxygens (including phenoxy) is 1. The smallest absolute Gasteiger partial charge is 0.243 e. The zero-order valence-electron chi connectivity index (χ0n) is 18.8. The van der Waals surface area contributed by atoms with Crippen LogP contribution in [0.5, 0.6) is 0 Å². The van der Waals surface area contributed by atoms with E-state index in [0.29, 0.717) is 11.4 Å². The molecule has 1 aromatic rings. The summed E-state index contributed by atoms with van der Waals surface area (Å²) in [6.07, 6.45) is 3.42. The molecule has 0 radical (unpaired) electrons. The van der Waals surface area contributed by atoms with Gasteiger partial charge in [0.2, 0.25) is 10.0 Å². The third-order valence-corrected chi connectivity index (χ3v) is 7.61. The first-order chi connectivity index (χ1) is 13.8. The molecular formula is C21H37IN4O3S. The highest BCUT2D eigenvalue weighted by Gasteiger charge is 2.22. The molecule has 9 heteroatoms. The first-order valence-corrected chi connectivity index (χ1v) is 11.8. The molecule has 0 amide bonds. The van der Waals surface area contributed by atoms with Crippen LogP contribution >= 0.6 is 24.0 Å². The molecule has 1 heterocycles. The Morgan fingerprint density at radius 2 is 1.80 bits per heavy atom. The molecule has 7 nitrogen and oxygen atoms in total. The minimum atomic E-state index is -3.45. The van der Waals surface area contributed by atoms with Crippen LogP contribution in [-0.4, -0.2) is 70.5 Å². The Balaban J connectivity index is 0.00000450. The SMILES string of the molecule is CN=C(NCc1ccc(S(=O)(=O)N(C)C(C)C)cc1)N(C)CCC1CCOCC1.I. The van der Waals surface area contributed by atoms with Crippen LogP contribution < -0.4 is 5.32 Å². The third-order valence-electron chi connectivity index (χ3n) is 5.57. The van der Waals surface area contributed by atoms with Gasteiger partial charge in [0.25, 0.3) is 0 Å². The summed E-state index contributed by atoms with van der Waals surface area (Å²) in [4.78, 5) is 6.83. The fraction of sp³-hybridized carbons (Fsp3) is 0.667. The molecule has 1 aliphatic rings. The minimum Gasteiger partial charge on any atom is -0.381 e. The summed E-state index contributed by atoms with van der Waals surface area (Å²) in [7, 11) is 1.99. The number of rotatable bonds is 8. The van der Waals surface area contributed by atoms with Gasteiger partial charge in [-0.1, -0.05) is 12.1 Å². The van der Waals surface area contributed by atoms with Crippen LogP contribution in [0.4, 0.5) is 0 Å². The Labute approximate surface area is 199 Å². The van der Waals surface area contributed by atoms with Gasteiger partial charge in [-0.2, -0.15) is 4.31 Å². The third kappa shape index (κ3) is 7.65. The molecule has 30 heavy (non-hydrogen) atoms. The number of guanidine groups is 1. The van der Waals surface area contributed by atoms with E-state index in [2.05, 4.69) is 15.2 Å². The normalized spacial score (nSPS) is 15.9. The highest BCUT2D eigenvalue weighted by atomic mass is 127. The molecule has 0 spiro atoms.